The van der Waals surface area contributed by atoms with E-state index < -0.39 is 0 Å². The molecule has 92 valence electrons. The second kappa shape index (κ2) is 4.49. The highest BCUT2D eigenvalue weighted by molar-refractivity contribution is 5.60. The predicted octanol–water partition coefficient (Wildman–Crippen LogP) is 0.586. The third-order valence-electron chi connectivity index (χ3n) is 3.62. The van der Waals surface area contributed by atoms with Crippen molar-refractivity contribution < 1.29 is 0 Å². The molecule has 0 radical (unpaired) electrons. The average Bonchev–Trinajstić information content (AvgIpc) is 2.39. The lowest BCUT2D eigenvalue weighted by Crippen LogP contribution is -2.45. The van der Waals surface area contributed by atoms with Crippen LogP contribution in [0.15, 0.2) is 6.33 Å². The van der Waals surface area contributed by atoms with Crippen LogP contribution in [-0.2, 0) is 6.42 Å². The zero-order valence-electron chi connectivity index (χ0n) is 10.3. The van der Waals surface area contributed by atoms with Crippen LogP contribution in [0, 0.1) is 0 Å². The summed E-state index contributed by atoms with van der Waals surface area (Å²) >= 11 is 0. The average molecular weight is 233 g/mol. The van der Waals surface area contributed by atoms with E-state index in [1.54, 1.807) is 6.33 Å². The molecule has 1 N–H and O–H groups in total. The third kappa shape index (κ3) is 2.07. The fourth-order valence-corrected chi connectivity index (χ4v) is 2.55. The topological polar surface area (TPSA) is 44.3 Å². The number of hydrogen-bond donors (Lipinski definition) is 1. The standard InChI is InChI=1S/C12H19N5/c1-16-5-7-17(8-6-16)12-10-3-2-4-13-11(10)14-9-15-12/h9H,2-8H2,1H3,(H,13,14,15). The van der Waals surface area contributed by atoms with Gasteiger partial charge in [-0.05, 0) is 19.9 Å². The highest BCUT2D eigenvalue weighted by atomic mass is 15.3. The number of hydrogen-bond acceptors (Lipinski definition) is 5. The largest absolute Gasteiger partial charge is 0.370 e. The zero-order valence-corrected chi connectivity index (χ0v) is 10.3. The van der Waals surface area contributed by atoms with Crippen LogP contribution in [0.1, 0.15) is 12.0 Å². The van der Waals surface area contributed by atoms with E-state index in [0.29, 0.717) is 0 Å². The molecule has 0 aliphatic carbocycles. The monoisotopic (exact) mass is 233 g/mol. The molecule has 1 aromatic heterocycles. The van der Waals surface area contributed by atoms with E-state index in [2.05, 4.69) is 32.1 Å². The van der Waals surface area contributed by atoms with Crippen LogP contribution in [0.2, 0.25) is 0 Å². The van der Waals surface area contributed by atoms with E-state index in [-0.39, 0.29) is 0 Å². The van der Waals surface area contributed by atoms with Gasteiger partial charge in [-0.15, -0.1) is 0 Å². The number of likely N-dealkylation sites (N-methyl/N-ethyl adjacent to an activating group) is 1. The Morgan fingerprint density at radius 1 is 1.18 bits per heavy atom. The summed E-state index contributed by atoms with van der Waals surface area (Å²) in [6.07, 6.45) is 3.97. The van der Waals surface area contributed by atoms with Crippen LogP contribution in [0.25, 0.3) is 0 Å². The number of nitrogens with zero attached hydrogens (tertiary/aromatic N) is 4. The van der Waals surface area contributed by atoms with Gasteiger partial charge >= 0.3 is 0 Å². The predicted molar refractivity (Wildman–Crippen MR) is 68.6 cm³/mol. The van der Waals surface area contributed by atoms with Crippen LogP contribution in [-0.4, -0.2) is 54.6 Å². The molecule has 1 fully saturated rings. The Hall–Kier alpha value is -1.36. The van der Waals surface area contributed by atoms with Crippen LogP contribution in [0.5, 0.6) is 0 Å². The summed E-state index contributed by atoms with van der Waals surface area (Å²) in [5, 5.41) is 3.36. The Labute approximate surface area is 102 Å². The summed E-state index contributed by atoms with van der Waals surface area (Å²) in [7, 11) is 2.17. The highest BCUT2D eigenvalue weighted by Crippen LogP contribution is 2.27. The lowest BCUT2D eigenvalue weighted by atomic mass is 10.1. The molecular formula is C12H19N5. The second-order valence-electron chi connectivity index (χ2n) is 4.85. The van der Waals surface area contributed by atoms with E-state index in [1.807, 2.05) is 0 Å². The summed E-state index contributed by atoms with van der Waals surface area (Å²) in [6.45, 7) is 5.41. The first kappa shape index (κ1) is 10.8. The number of nitrogens with one attached hydrogen (secondary N) is 1. The quantitative estimate of drug-likeness (QED) is 0.769. The van der Waals surface area contributed by atoms with Crippen LogP contribution < -0.4 is 10.2 Å². The SMILES string of the molecule is CN1CCN(c2ncnc3c2CCCN3)CC1. The molecule has 0 atom stereocenters. The number of rotatable bonds is 1. The fraction of sp³-hybridized carbons (Fsp3) is 0.667. The minimum atomic E-state index is 1.03. The molecule has 5 heteroatoms. The molecule has 1 saturated heterocycles. The van der Waals surface area contributed by atoms with Crippen LogP contribution >= 0.6 is 0 Å². The van der Waals surface area contributed by atoms with E-state index in [0.717, 1.165) is 50.8 Å². The maximum atomic E-state index is 4.50. The van der Waals surface area contributed by atoms with Gasteiger partial charge in [0.2, 0.25) is 0 Å². The second-order valence-corrected chi connectivity index (χ2v) is 4.85. The summed E-state index contributed by atoms with van der Waals surface area (Å²) in [4.78, 5) is 13.6. The highest BCUT2D eigenvalue weighted by Gasteiger charge is 2.21. The van der Waals surface area contributed by atoms with Gasteiger partial charge in [0.05, 0.1) is 0 Å². The van der Waals surface area contributed by atoms with Crippen molar-refractivity contribution in [2.75, 3.05) is 50.0 Å². The van der Waals surface area contributed by atoms with Gasteiger partial charge in [-0.3, -0.25) is 0 Å². The minimum absolute atomic E-state index is 1.03. The molecule has 2 aliphatic rings. The third-order valence-corrected chi connectivity index (χ3v) is 3.62. The maximum absolute atomic E-state index is 4.50. The number of fused-ring (bicyclic) bond motifs is 1. The molecule has 0 unspecified atom stereocenters. The summed E-state index contributed by atoms with van der Waals surface area (Å²) in [5.41, 5.74) is 1.31. The van der Waals surface area contributed by atoms with Gasteiger partial charge in [0.1, 0.15) is 18.0 Å². The molecule has 3 rings (SSSR count). The minimum Gasteiger partial charge on any atom is -0.370 e. The molecule has 17 heavy (non-hydrogen) atoms. The molecule has 0 aromatic carbocycles. The van der Waals surface area contributed by atoms with Gasteiger partial charge in [0.25, 0.3) is 0 Å². The molecular weight excluding hydrogens is 214 g/mol. The van der Waals surface area contributed by atoms with Crippen molar-refractivity contribution in [3.63, 3.8) is 0 Å². The number of aromatic nitrogens is 2. The molecule has 5 nitrogen and oxygen atoms in total. The van der Waals surface area contributed by atoms with Crippen molar-refractivity contribution in [1.82, 2.24) is 14.9 Å². The molecule has 2 aliphatic heterocycles. The Morgan fingerprint density at radius 2 is 2.00 bits per heavy atom. The van der Waals surface area contributed by atoms with Crippen molar-refractivity contribution in [2.45, 2.75) is 12.8 Å². The first-order valence-electron chi connectivity index (χ1n) is 6.36. The van der Waals surface area contributed by atoms with E-state index in [1.165, 1.54) is 12.0 Å². The molecule has 0 bridgehead atoms. The van der Waals surface area contributed by atoms with E-state index >= 15 is 0 Å². The first-order chi connectivity index (χ1) is 8.34. The number of piperazine rings is 1. The summed E-state index contributed by atoms with van der Waals surface area (Å²) in [6, 6.07) is 0. The Kier molecular flexibility index (Phi) is 2.84. The van der Waals surface area contributed by atoms with Gasteiger partial charge in [0, 0.05) is 38.3 Å². The molecule has 1 aromatic rings. The van der Waals surface area contributed by atoms with Crippen LogP contribution in [0.4, 0.5) is 11.6 Å². The zero-order chi connectivity index (χ0) is 11.7. The lowest BCUT2D eigenvalue weighted by molar-refractivity contribution is 0.311. The number of anilines is 2. The van der Waals surface area contributed by atoms with Gasteiger partial charge in [-0.1, -0.05) is 0 Å². The Bertz CT molecular complexity index is 398. The molecule has 3 heterocycles. The van der Waals surface area contributed by atoms with Crippen molar-refractivity contribution >= 4 is 11.6 Å². The summed E-state index contributed by atoms with van der Waals surface area (Å²) in [5.74, 6) is 2.19. The summed E-state index contributed by atoms with van der Waals surface area (Å²) < 4.78 is 0. The van der Waals surface area contributed by atoms with Crippen molar-refractivity contribution in [3.05, 3.63) is 11.9 Å². The first-order valence-corrected chi connectivity index (χ1v) is 6.36. The fourth-order valence-electron chi connectivity index (χ4n) is 2.55. The van der Waals surface area contributed by atoms with Crippen molar-refractivity contribution in [2.24, 2.45) is 0 Å². The van der Waals surface area contributed by atoms with E-state index in [4.69, 9.17) is 0 Å². The van der Waals surface area contributed by atoms with Gasteiger partial charge < -0.3 is 15.1 Å². The normalized spacial score (nSPS) is 20.9. The van der Waals surface area contributed by atoms with Crippen LogP contribution in [0.3, 0.4) is 0 Å². The molecule has 0 saturated carbocycles. The Balaban J connectivity index is 1.87. The Morgan fingerprint density at radius 3 is 2.82 bits per heavy atom. The van der Waals surface area contributed by atoms with Crippen molar-refractivity contribution in [3.8, 4) is 0 Å². The maximum Gasteiger partial charge on any atom is 0.137 e. The van der Waals surface area contributed by atoms with Crippen molar-refractivity contribution in [1.29, 1.82) is 0 Å². The van der Waals surface area contributed by atoms with E-state index in [9.17, 15) is 0 Å². The molecule has 0 spiro atoms. The smallest absolute Gasteiger partial charge is 0.137 e. The molecule has 0 amide bonds. The van der Waals surface area contributed by atoms with Gasteiger partial charge in [-0.25, -0.2) is 9.97 Å². The lowest BCUT2D eigenvalue weighted by Gasteiger charge is -2.35. The van der Waals surface area contributed by atoms with Gasteiger partial charge in [0.15, 0.2) is 0 Å². The van der Waals surface area contributed by atoms with Gasteiger partial charge in [-0.2, -0.15) is 0 Å².